The van der Waals surface area contributed by atoms with Gasteiger partial charge in [-0.25, -0.2) is 9.78 Å². The molecule has 0 atom stereocenters. The number of aliphatic hydroxyl groups is 1. The predicted molar refractivity (Wildman–Crippen MR) is 76.3 cm³/mol. The minimum atomic E-state index is -2.67. The Balaban J connectivity index is 1.85. The van der Waals surface area contributed by atoms with Crippen molar-refractivity contribution in [3.63, 3.8) is 0 Å². The maximum absolute atomic E-state index is 12.7. The summed E-state index contributed by atoms with van der Waals surface area (Å²) in [5.41, 5.74) is -0.0945. The number of hydrogen-bond acceptors (Lipinski definition) is 3. The van der Waals surface area contributed by atoms with E-state index < -0.39 is 6.55 Å². The second-order valence-electron chi connectivity index (χ2n) is 5.69. The third-order valence-electron chi connectivity index (χ3n) is 4.55. The molecule has 0 saturated carbocycles. The van der Waals surface area contributed by atoms with Crippen LogP contribution in [-0.2, 0) is 6.54 Å². The number of aliphatic hydroxyl groups excluding tert-OH is 1. The fraction of sp³-hybridized carbons (Fsp3) is 0.714. The van der Waals surface area contributed by atoms with Gasteiger partial charge in [0, 0.05) is 32.1 Å². The average molecular weight is 316 g/mol. The van der Waals surface area contributed by atoms with Gasteiger partial charge >= 0.3 is 12.6 Å². The summed E-state index contributed by atoms with van der Waals surface area (Å²) < 4.78 is 26.1. The van der Waals surface area contributed by atoms with Gasteiger partial charge in [-0.2, -0.15) is 8.78 Å². The molecule has 2 N–H and O–H groups in total. The van der Waals surface area contributed by atoms with Gasteiger partial charge in [0.25, 0.3) is 0 Å². The van der Waals surface area contributed by atoms with Crippen LogP contribution in [0.5, 0.6) is 0 Å². The van der Waals surface area contributed by atoms with Gasteiger partial charge in [0.1, 0.15) is 5.82 Å². The number of nitrogens with zero attached hydrogens (tertiary/aromatic N) is 3. The summed E-state index contributed by atoms with van der Waals surface area (Å²) in [7, 11) is 0. The number of imidazole rings is 1. The number of carbonyl (C=O) groups is 1. The summed E-state index contributed by atoms with van der Waals surface area (Å²) in [5, 5.41) is 12.1. The van der Waals surface area contributed by atoms with E-state index in [1.807, 2.05) is 6.92 Å². The van der Waals surface area contributed by atoms with Gasteiger partial charge in [-0.1, -0.05) is 6.92 Å². The Morgan fingerprint density at radius 3 is 2.73 bits per heavy atom. The van der Waals surface area contributed by atoms with Gasteiger partial charge in [0.2, 0.25) is 0 Å². The van der Waals surface area contributed by atoms with Crippen LogP contribution in [0.25, 0.3) is 0 Å². The number of nitrogens with one attached hydrogen (secondary N) is 1. The van der Waals surface area contributed by atoms with E-state index in [1.165, 1.54) is 12.4 Å². The maximum Gasteiger partial charge on any atom is 0.319 e. The molecule has 0 radical (unpaired) electrons. The van der Waals surface area contributed by atoms with Crippen LogP contribution in [0.2, 0.25) is 0 Å². The van der Waals surface area contributed by atoms with Gasteiger partial charge in [-0.05, 0) is 24.7 Å². The SMILES string of the molecule is CCC1(CO)CCN(C(=O)NCc2nccn2C(F)F)CC1. The number of amides is 2. The van der Waals surface area contributed by atoms with E-state index in [2.05, 4.69) is 10.3 Å². The quantitative estimate of drug-likeness (QED) is 0.872. The number of aromatic nitrogens is 2. The van der Waals surface area contributed by atoms with Gasteiger partial charge in [-0.15, -0.1) is 0 Å². The lowest BCUT2D eigenvalue weighted by Gasteiger charge is -2.40. The van der Waals surface area contributed by atoms with Gasteiger partial charge in [0.05, 0.1) is 6.54 Å². The minimum absolute atomic E-state index is 0.0361. The first-order valence-electron chi connectivity index (χ1n) is 7.45. The van der Waals surface area contributed by atoms with E-state index in [4.69, 9.17) is 0 Å². The molecule has 0 aliphatic carbocycles. The molecule has 2 amide bonds. The number of rotatable bonds is 5. The molecule has 0 aromatic carbocycles. The Hall–Kier alpha value is -1.70. The zero-order valence-corrected chi connectivity index (χ0v) is 12.6. The molecular formula is C14H22F2N4O2. The van der Waals surface area contributed by atoms with Crippen molar-refractivity contribution >= 4 is 6.03 Å². The molecule has 8 heteroatoms. The van der Waals surface area contributed by atoms with E-state index in [1.54, 1.807) is 4.90 Å². The lowest BCUT2D eigenvalue weighted by atomic mass is 9.77. The van der Waals surface area contributed by atoms with Crippen LogP contribution in [-0.4, -0.2) is 45.3 Å². The third kappa shape index (κ3) is 3.55. The van der Waals surface area contributed by atoms with Gasteiger partial charge < -0.3 is 15.3 Å². The first kappa shape index (κ1) is 16.7. The summed E-state index contributed by atoms with van der Waals surface area (Å²) in [4.78, 5) is 17.6. The molecule has 22 heavy (non-hydrogen) atoms. The number of piperidine rings is 1. The average Bonchev–Trinajstić information content (AvgIpc) is 3.01. The number of likely N-dealkylation sites (tertiary alicyclic amines) is 1. The van der Waals surface area contributed by atoms with Crippen molar-refractivity contribution in [3.05, 3.63) is 18.2 Å². The highest BCUT2D eigenvalue weighted by molar-refractivity contribution is 5.74. The van der Waals surface area contributed by atoms with Crippen molar-refractivity contribution in [2.45, 2.75) is 39.3 Å². The van der Waals surface area contributed by atoms with E-state index in [0.29, 0.717) is 13.1 Å². The summed E-state index contributed by atoms with van der Waals surface area (Å²) in [5.74, 6) is 0.124. The lowest BCUT2D eigenvalue weighted by Crippen LogP contribution is -2.48. The highest BCUT2D eigenvalue weighted by Gasteiger charge is 2.33. The van der Waals surface area contributed by atoms with Crippen LogP contribution in [0.3, 0.4) is 0 Å². The van der Waals surface area contributed by atoms with Crippen LogP contribution in [0, 0.1) is 5.41 Å². The molecule has 1 aliphatic rings. The monoisotopic (exact) mass is 316 g/mol. The molecule has 1 aliphatic heterocycles. The van der Waals surface area contributed by atoms with Crippen LogP contribution in [0.4, 0.5) is 13.6 Å². The van der Waals surface area contributed by atoms with E-state index >= 15 is 0 Å². The highest BCUT2D eigenvalue weighted by Crippen LogP contribution is 2.34. The fourth-order valence-corrected chi connectivity index (χ4v) is 2.73. The van der Waals surface area contributed by atoms with Crippen molar-refractivity contribution < 1.29 is 18.7 Å². The molecule has 1 saturated heterocycles. The Labute approximate surface area is 128 Å². The molecular weight excluding hydrogens is 294 g/mol. The molecule has 1 fully saturated rings. The van der Waals surface area contributed by atoms with E-state index in [-0.39, 0.29) is 30.4 Å². The van der Waals surface area contributed by atoms with Gasteiger partial charge in [0.15, 0.2) is 0 Å². The van der Waals surface area contributed by atoms with Crippen molar-refractivity contribution in [2.75, 3.05) is 19.7 Å². The molecule has 124 valence electrons. The van der Waals surface area contributed by atoms with Crippen molar-refractivity contribution in [1.29, 1.82) is 0 Å². The molecule has 0 spiro atoms. The molecule has 2 heterocycles. The van der Waals surface area contributed by atoms with Crippen LogP contribution in [0.15, 0.2) is 12.4 Å². The molecule has 1 aromatic rings. The number of alkyl halides is 2. The summed E-state index contributed by atoms with van der Waals surface area (Å²) in [6, 6.07) is -0.286. The molecule has 0 bridgehead atoms. The number of carbonyl (C=O) groups excluding carboxylic acids is 1. The van der Waals surface area contributed by atoms with Crippen LogP contribution in [0.1, 0.15) is 38.6 Å². The number of urea groups is 1. The fourth-order valence-electron chi connectivity index (χ4n) is 2.73. The van der Waals surface area contributed by atoms with Crippen LogP contribution >= 0.6 is 0 Å². The third-order valence-corrected chi connectivity index (χ3v) is 4.55. The lowest BCUT2D eigenvalue weighted by molar-refractivity contribution is 0.0514. The largest absolute Gasteiger partial charge is 0.396 e. The zero-order valence-electron chi connectivity index (χ0n) is 12.6. The Morgan fingerprint density at radius 1 is 1.50 bits per heavy atom. The van der Waals surface area contributed by atoms with Crippen molar-refractivity contribution in [2.24, 2.45) is 5.41 Å². The van der Waals surface area contributed by atoms with Crippen molar-refractivity contribution in [1.82, 2.24) is 19.8 Å². The van der Waals surface area contributed by atoms with Crippen molar-refractivity contribution in [3.8, 4) is 0 Å². The molecule has 6 nitrogen and oxygen atoms in total. The molecule has 1 aromatic heterocycles. The molecule has 2 rings (SSSR count). The van der Waals surface area contributed by atoms with Gasteiger partial charge in [-0.3, -0.25) is 4.57 Å². The number of halogens is 2. The highest BCUT2D eigenvalue weighted by atomic mass is 19.3. The Bertz CT molecular complexity index is 493. The summed E-state index contributed by atoms with van der Waals surface area (Å²) >= 11 is 0. The zero-order chi connectivity index (χ0) is 16.2. The van der Waals surface area contributed by atoms with E-state index in [9.17, 15) is 18.7 Å². The smallest absolute Gasteiger partial charge is 0.319 e. The number of hydrogen-bond donors (Lipinski definition) is 2. The normalized spacial score (nSPS) is 17.8. The topological polar surface area (TPSA) is 70.4 Å². The Morgan fingerprint density at radius 2 is 2.18 bits per heavy atom. The second-order valence-corrected chi connectivity index (χ2v) is 5.69. The maximum atomic E-state index is 12.7. The second kappa shape index (κ2) is 7.04. The van der Waals surface area contributed by atoms with E-state index in [0.717, 1.165) is 23.8 Å². The summed E-state index contributed by atoms with van der Waals surface area (Å²) in [6.07, 6.45) is 4.85. The first-order chi connectivity index (χ1) is 10.5. The van der Waals surface area contributed by atoms with Crippen LogP contribution < -0.4 is 5.32 Å². The first-order valence-corrected chi connectivity index (χ1v) is 7.45. The summed E-state index contributed by atoms with van der Waals surface area (Å²) in [6.45, 7) is 0.582. The minimum Gasteiger partial charge on any atom is -0.396 e. The predicted octanol–water partition coefficient (Wildman–Crippen LogP) is 1.97. The molecule has 0 unspecified atom stereocenters. The standard InChI is InChI=1S/C14H22F2N4O2/c1-2-14(10-21)3-6-19(7-4-14)13(22)18-9-11-17-5-8-20(11)12(15)16/h5,8,12,21H,2-4,6-7,9-10H2,1H3,(H,18,22). The Kier molecular flexibility index (Phi) is 5.33.